The van der Waals surface area contributed by atoms with Gasteiger partial charge >= 0.3 is 0 Å². The average molecular weight is 263 g/mol. The van der Waals surface area contributed by atoms with Crippen LogP contribution in [0.2, 0.25) is 0 Å². The summed E-state index contributed by atoms with van der Waals surface area (Å²) < 4.78 is 0. The quantitative estimate of drug-likeness (QED) is 0.816. The molecule has 2 unspecified atom stereocenters. The fraction of sp³-hybridized carbons (Fsp3) is 0.222. The molecule has 2 aromatic rings. The first-order valence-corrected chi connectivity index (χ1v) is 6.71. The minimum absolute atomic E-state index is 0.0962. The molecule has 0 saturated carbocycles. The SMILES string of the molecule is CC(=O)CC(c1ccccc1)C(C#N)c1ccccc1. The van der Waals surface area contributed by atoms with Crippen molar-refractivity contribution in [2.45, 2.75) is 25.2 Å². The van der Waals surface area contributed by atoms with Gasteiger partial charge in [0, 0.05) is 12.3 Å². The molecule has 0 aromatic heterocycles. The zero-order valence-corrected chi connectivity index (χ0v) is 11.5. The molecule has 0 N–H and O–H groups in total. The van der Waals surface area contributed by atoms with Gasteiger partial charge in [-0.2, -0.15) is 5.26 Å². The van der Waals surface area contributed by atoms with Crippen LogP contribution in [-0.2, 0) is 4.79 Å². The van der Waals surface area contributed by atoms with Crippen molar-refractivity contribution in [1.82, 2.24) is 0 Å². The van der Waals surface area contributed by atoms with Gasteiger partial charge in [0.2, 0.25) is 0 Å². The monoisotopic (exact) mass is 263 g/mol. The smallest absolute Gasteiger partial charge is 0.130 e. The summed E-state index contributed by atoms with van der Waals surface area (Å²) in [5.41, 5.74) is 2.00. The van der Waals surface area contributed by atoms with E-state index in [-0.39, 0.29) is 17.6 Å². The normalized spacial score (nSPS) is 13.2. The average Bonchev–Trinajstić information content (AvgIpc) is 2.49. The van der Waals surface area contributed by atoms with Crippen LogP contribution < -0.4 is 0 Å². The number of rotatable bonds is 5. The van der Waals surface area contributed by atoms with Crippen molar-refractivity contribution in [3.63, 3.8) is 0 Å². The minimum Gasteiger partial charge on any atom is -0.300 e. The summed E-state index contributed by atoms with van der Waals surface area (Å²) in [5, 5.41) is 9.56. The van der Waals surface area contributed by atoms with Gasteiger partial charge in [0.05, 0.1) is 12.0 Å². The van der Waals surface area contributed by atoms with E-state index in [1.54, 1.807) is 6.92 Å². The van der Waals surface area contributed by atoms with Crippen LogP contribution in [0.1, 0.15) is 36.3 Å². The fourth-order valence-electron chi connectivity index (χ4n) is 2.50. The second-order valence-corrected chi connectivity index (χ2v) is 4.94. The summed E-state index contributed by atoms with van der Waals surface area (Å²) in [4.78, 5) is 11.6. The molecule has 0 saturated heterocycles. The van der Waals surface area contributed by atoms with E-state index in [0.717, 1.165) is 11.1 Å². The van der Waals surface area contributed by atoms with Crippen LogP contribution in [0, 0.1) is 11.3 Å². The van der Waals surface area contributed by atoms with Gasteiger partial charge in [0.15, 0.2) is 0 Å². The molecule has 0 heterocycles. The zero-order chi connectivity index (χ0) is 14.4. The summed E-state index contributed by atoms with van der Waals surface area (Å²) >= 11 is 0. The number of ketones is 1. The molecule has 0 bridgehead atoms. The first-order valence-electron chi connectivity index (χ1n) is 6.71. The van der Waals surface area contributed by atoms with Crippen molar-refractivity contribution >= 4 is 5.78 Å². The molecule has 100 valence electrons. The second-order valence-electron chi connectivity index (χ2n) is 4.94. The van der Waals surface area contributed by atoms with Crippen molar-refractivity contribution in [3.8, 4) is 6.07 Å². The lowest BCUT2D eigenvalue weighted by molar-refractivity contribution is -0.117. The molecular weight excluding hydrogens is 246 g/mol. The van der Waals surface area contributed by atoms with E-state index in [2.05, 4.69) is 6.07 Å². The Morgan fingerprint density at radius 2 is 1.50 bits per heavy atom. The van der Waals surface area contributed by atoms with Crippen molar-refractivity contribution in [2.24, 2.45) is 0 Å². The van der Waals surface area contributed by atoms with E-state index in [9.17, 15) is 10.1 Å². The van der Waals surface area contributed by atoms with Gasteiger partial charge in [-0.1, -0.05) is 60.7 Å². The molecule has 0 aliphatic rings. The van der Waals surface area contributed by atoms with Crippen LogP contribution in [0.15, 0.2) is 60.7 Å². The predicted molar refractivity (Wildman–Crippen MR) is 79.3 cm³/mol. The summed E-state index contributed by atoms with van der Waals surface area (Å²) in [5.74, 6) is -0.293. The summed E-state index contributed by atoms with van der Waals surface area (Å²) in [6.45, 7) is 1.58. The minimum atomic E-state index is -0.303. The molecule has 2 heteroatoms. The lowest BCUT2D eigenvalue weighted by Crippen LogP contribution is -2.13. The molecule has 2 nitrogen and oxygen atoms in total. The van der Waals surface area contributed by atoms with E-state index < -0.39 is 0 Å². The topological polar surface area (TPSA) is 40.9 Å². The fourth-order valence-corrected chi connectivity index (χ4v) is 2.50. The highest BCUT2D eigenvalue weighted by Gasteiger charge is 2.25. The van der Waals surface area contributed by atoms with Crippen LogP contribution in [-0.4, -0.2) is 5.78 Å². The van der Waals surface area contributed by atoms with Gasteiger partial charge in [-0.25, -0.2) is 0 Å². The van der Waals surface area contributed by atoms with E-state index in [1.165, 1.54) is 0 Å². The number of hydrogen-bond donors (Lipinski definition) is 0. The summed E-state index contributed by atoms with van der Waals surface area (Å²) in [6, 6.07) is 21.9. The molecule has 20 heavy (non-hydrogen) atoms. The maximum absolute atomic E-state index is 11.6. The van der Waals surface area contributed by atoms with Gasteiger partial charge in [0.25, 0.3) is 0 Å². The van der Waals surface area contributed by atoms with Gasteiger partial charge in [0.1, 0.15) is 5.78 Å². The number of benzene rings is 2. The lowest BCUT2D eigenvalue weighted by atomic mass is 9.79. The van der Waals surface area contributed by atoms with Crippen molar-refractivity contribution in [3.05, 3.63) is 71.8 Å². The van der Waals surface area contributed by atoms with Gasteiger partial charge in [-0.05, 0) is 18.1 Å². The molecule has 0 aliphatic carbocycles. The number of hydrogen-bond acceptors (Lipinski definition) is 2. The third kappa shape index (κ3) is 3.33. The highest BCUT2D eigenvalue weighted by molar-refractivity contribution is 5.76. The first kappa shape index (κ1) is 14.0. The van der Waals surface area contributed by atoms with Crippen molar-refractivity contribution in [1.29, 1.82) is 5.26 Å². The second kappa shape index (κ2) is 6.68. The number of carbonyl (C=O) groups is 1. The molecule has 0 amide bonds. The lowest BCUT2D eigenvalue weighted by Gasteiger charge is -2.22. The third-order valence-corrected chi connectivity index (χ3v) is 3.44. The summed E-state index contributed by atoms with van der Waals surface area (Å²) in [6.07, 6.45) is 0.386. The van der Waals surface area contributed by atoms with Crippen LogP contribution in [0.4, 0.5) is 0 Å². The Bertz CT molecular complexity index is 598. The van der Waals surface area contributed by atoms with Crippen molar-refractivity contribution in [2.75, 3.05) is 0 Å². The molecule has 2 atom stereocenters. The molecule has 2 aromatic carbocycles. The molecule has 0 fully saturated rings. The Morgan fingerprint density at radius 3 is 1.95 bits per heavy atom. The molecule has 0 aliphatic heterocycles. The predicted octanol–water partition coefficient (Wildman–Crippen LogP) is 4.06. The Kier molecular flexibility index (Phi) is 4.68. The standard InChI is InChI=1S/C18H17NO/c1-14(20)12-17(15-8-4-2-5-9-15)18(13-19)16-10-6-3-7-11-16/h2-11,17-18H,12H2,1H3. The van der Waals surface area contributed by atoms with E-state index in [0.29, 0.717) is 6.42 Å². The number of nitrogens with zero attached hydrogens (tertiary/aromatic N) is 1. The maximum atomic E-state index is 11.6. The number of Topliss-reactive ketones (excluding diaryl/α,β-unsaturated/α-hetero) is 1. The molecule has 0 spiro atoms. The molecule has 2 rings (SSSR count). The zero-order valence-electron chi connectivity index (χ0n) is 11.5. The maximum Gasteiger partial charge on any atom is 0.130 e. The van der Waals surface area contributed by atoms with Crippen molar-refractivity contribution < 1.29 is 4.79 Å². The van der Waals surface area contributed by atoms with Gasteiger partial charge in [-0.3, -0.25) is 0 Å². The highest BCUT2D eigenvalue weighted by Crippen LogP contribution is 2.35. The van der Waals surface area contributed by atoms with Crippen LogP contribution in [0.25, 0.3) is 0 Å². The molecule has 0 radical (unpaired) electrons. The van der Waals surface area contributed by atoms with Gasteiger partial charge < -0.3 is 4.79 Å². The Morgan fingerprint density at radius 1 is 1.00 bits per heavy atom. The highest BCUT2D eigenvalue weighted by atomic mass is 16.1. The summed E-state index contributed by atoms with van der Waals surface area (Å²) in [7, 11) is 0. The van der Waals surface area contributed by atoms with Crippen LogP contribution in [0.3, 0.4) is 0 Å². The Hall–Kier alpha value is -2.40. The Balaban J connectivity index is 2.40. The number of nitriles is 1. The molecular formula is C18H17NO. The third-order valence-electron chi connectivity index (χ3n) is 3.44. The first-order chi connectivity index (χ1) is 9.72. The van der Waals surface area contributed by atoms with Gasteiger partial charge in [-0.15, -0.1) is 0 Å². The van der Waals surface area contributed by atoms with E-state index >= 15 is 0 Å². The number of carbonyl (C=O) groups excluding carboxylic acids is 1. The van der Waals surface area contributed by atoms with E-state index in [1.807, 2.05) is 60.7 Å². The van der Waals surface area contributed by atoms with E-state index in [4.69, 9.17) is 0 Å². The Labute approximate surface area is 119 Å². The van der Waals surface area contributed by atoms with Crippen LogP contribution in [0.5, 0.6) is 0 Å². The largest absolute Gasteiger partial charge is 0.300 e. The van der Waals surface area contributed by atoms with Crippen LogP contribution >= 0.6 is 0 Å².